The van der Waals surface area contributed by atoms with Gasteiger partial charge < -0.3 is 5.11 Å². The minimum absolute atomic E-state index is 0.0125. The van der Waals surface area contributed by atoms with Crippen LogP contribution in [0.25, 0.3) is 5.69 Å². The van der Waals surface area contributed by atoms with E-state index < -0.39 is 11.8 Å². The summed E-state index contributed by atoms with van der Waals surface area (Å²) >= 11 is 5.61. The SMILES string of the molecule is CC(C)c1nn(-c2ccc(Cl)c(F)c2)cc1C(=O)O. The molecule has 1 N–H and O–H groups in total. The molecule has 0 saturated carbocycles. The van der Waals surface area contributed by atoms with Crippen LogP contribution in [0, 0.1) is 5.82 Å². The highest BCUT2D eigenvalue weighted by atomic mass is 35.5. The van der Waals surface area contributed by atoms with Gasteiger partial charge in [0.1, 0.15) is 11.4 Å². The van der Waals surface area contributed by atoms with Crippen LogP contribution in [0.4, 0.5) is 4.39 Å². The summed E-state index contributed by atoms with van der Waals surface area (Å²) in [6, 6.07) is 4.20. The molecule has 0 spiro atoms. The maximum atomic E-state index is 13.4. The van der Waals surface area contributed by atoms with Crippen molar-refractivity contribution < 1.29 is 14.3 Å². The van der Waals surface area contributed by atoms with Crippen LogP contribution in [0.15, 0.2) is 24.4 Å². The van der Waals surface area contributed by atoms with Gasteiger partial charge in [-0.1, -0.05) is 25.4 Å². The molecule has 0 aliphatic heterocycles. The molecule has 6 heteroatoms. The van der Waals surface area contributed by atoms with Gasteiger partial charge in [0.2, 0.25) is 0 Å². The number of aromatic nitrogens is 2. The van der Waals surface area contributed by atoms with Crippen LogP contribution in [-0.2, 0) is 0 Å². The zero-order valence-electron chi connectivity index (χ0n) is 10.4. The number of nitrogens with zero attached hydrogens (tertiary/aromatic N) is 2. The van der Waals surface area contributed by atoms with E-state index in [1.54, 1.807) is 6.07 Å². The van der Waals surface area contributed by atoms with Crippen molar-refractivity contribution in [3.63, 3.8) is 0 Å². The van der Waals surface area contributed by atoms with Crippen molar-refractivity contribution in [2.45, 2.75) is 19.8 Å². The number of hydrogen-bond acceptors (Lipinski definition) is 2. The summed E-state index contributed by atoms with van der Waals surface area (Å²) in [7, 11) is 0. The van der Waals surface area contributed by atoms with Crippen LogP contribution in [0.2, 0.25) is 5.02 Å². The second-order valence-corrected chi connectivity index (χ2v) is 4.84. The van der Waals surface area contributed by atoms with Crippen LogP contribution in [0.5, 0.6) is 0 Å². The van der Waals surface area contributed by atoms with Gasteiger partial charge in [0, 0.05) is 12.3 Å². The number of carbonyl (C=O) groups is 1. The lowest BCUT2D eigenvalue weighted by Gasteiger charge is -2.03. The standard InChI is InChI=1S/C13H12ClFN2O2/c1-7(2)12-9(13(18)19)6-17(16-12)8-3-4-10(14)11(15)5-8/h3-7H,1-2H3,(H,18,19). The molecule has 2 rings (SSSR count). The third kappa shape index (κ3) is 2.61. The predicted molar refractivity (Wildman–Crippen MR) is 69.6 cm³/mol. The molecule has 2 aromatic rings. The van der Waals surface area contributed by atoms with Gasteiger partial charge >= 0.3 is 5.97 Å². The lowest BCUT2D eigenvalue weighted by atomic mass is 10.1. The van der Waals surface area contributed by atoms with Gasteiger partial charge in [-0.05, 0) is 18.1 Å². The Hall–Kier alpha value is -1.88. The fourth-order valence-electron chi connectivity index (χ4n) is 1.74. The molecular formula is C13H12ClFN2O2. The summed E-state index contributed by atoms with van der Waals surface area (Å²) in [6.45, 7) is 3.70. The maximum Gasteiger partial charge on any atom is 0.339 e. The molecule has 1 heterocycles. The van der Waals surface area contributed by atoms with E-state index in [1.807, 2.05) is 13.8 Å². The Morgan fingerprint density at radius 1 is 1.47 bits per heavy atom. The minimum Gasteiger partial charge on any atom is -0.478 e. The monoisotopic (exact) mass is 282 g/mol. The molecule has 0 unspecified atom stereocenters. The van der Waals surface area contributed by atoms with Crippen LogP contribution in [0.1, 0.15) is 35.8 Å². The van der Waals surface area contributed by atoms with E-state index in [1.165, 1.54) is 23.0 Å². The zero-order chi connectivity index (χ0) is 14.2. The molecule has 4 nitrogen and oxygen atoms in total. The Kier molecular flexibility index (Phi) is 3.57. The first-order chi connectivity index (χ1) is 8.90. The topological polar surface area (TPSA) is 55.1 Å². The largest absolute Gasteiger partial charge is 0.478 e. The Morgan fingerprint density at radius 2 is 2.16 bits per heavy atom. The average molecular weight is 283 g/mol. The van der Waals surface area contributed by atoms with Crippen molar-refractivity contribution in [1.29, 1.82) is 0 Å². The predicted octanol–water partition coefficient (Wildman–Crippen LogP) is 3.49. The number of rotatable bonds is 3. The molecule has 19 heavy (non-hydrogen) atoms. The van der Waals surface area contributed by atoms with Crippen LogP contribution >= 0.6 is 11.6 Å². The molecule has 0 radical (unpaired) electrons. The van der Waals surface area contributed by atoms with E-state index in [4.69, 9.17) is 16.7 Å². The van der Waals surface area contributed by atoms with Gasteiger partial charge in [-0.25, -0.2) is 13.9 Å². The van der Waals surface area contributed by atoms with Crippen molar-refractivity contribution in [1.82, 2.24) is 9.78 Å². The third-order valence-corrected chi connectivity index (χ3v) is 2.99. The summed E-state index contributed by atoms with van der Waals surface area (Å²) < 4.78 is 14.7. The summed E-state index contributed by atoms with van der Waals surface area (Å²) in [6.07, 6.45) is 1.38. The van der Waals surface area contributed by atoms with E-state index in [-0.39, 0.29) is 16.5 Å². The molecule has 100 valence electrons. The van der Waals surface area contributed by atoms with Crippen LogP contribution < -0.4 is 0 Å². The molecule has 0 aliphatic rings. The maximum absolute atomic E-state index is 13.4. The highest BCUT2D eigenvalue weighted by Crippen LogP contribution is 2.22. The van der Waals surface area contributed by atoms with Crippen LogP contribution in [0.3, 0.4) is 0 Å². The fraction of sp³-hybridized carbons (Fsp3) is 0.231. The molecule has 0 amide bonds. The van der Waals surface area contributed by atoms with E-state index in [9.17, 15) is 9.18 Å². The molecule has 0 fully saturated rings. The second kappa shape index (κ2) is 5.01. The van der Waals surface area contributed by atoms with E-state index >= 15 is 0 Å². The minimum atomic E-state index is -1.05. The van der Waals surface area contributed by atoms with Gasteiger partial charge in [-0.3, -0.25) is 0 Å². The van der Waals surface area contributed by atoms with Gasteiger partial charge in [-0.15, -0.1) is 0 Å². The molecule has 1 aromatic carbocycles. The smallest absolute Gasteiger partial charge is 0.339 e. The van der Waals surface area contributed by atoms with Gasteiger partial charge in [0.05, 0.1) is 16.4 Å². The zero-order valence-corrected chi connectivity index (χ0v) is 11.1. The highest BCUT2D eigenvalue weighted by Gasteiger charge is 2.18. The first-order valence-electron chi connectivity index (χ1n) is 5.68. The van der Waals surface area contributed by atoms with Crippen molar-refractivity contribution >= 4 is 17.6 Å². The van der Waals surface area contributed by atoms with Gasteiger partial charge in [0.25, 0.3) is 0 Å². The lowest BCUT2D eigenvalue weighted by Crippen LogP contribution is -2.01. The first kappa shape index (κ1) is 13.5. The van der Waals surface area contributed by atoms with Gasteiger partial charge in [-0.2, -0.15) is 5.10 Å². The molecule has 0 saturated heterocycles. The van der Waals surface area contributed by atoms with Crippen molar-refractivity contribution in [2.24, 2.45) is 0 Å². The number of carboxylic acid groups (broad SMARTS) is 1. The average Bonchev–Trinajstić information content (AvgIpc) is 2.78. The van der Waals surface area contributed by atoms with Gasteiger partial charge in [0.15, 0.2) is 0 Å². The third-order valence-electron chi connectivity index (χ3n) is 2.69. The Labute approximate surface area is 114 Å². The molecule has 0 bridgehead atoms. The van der Waals surface area contributed by atoms with E-state index in [0.717, 1.165) is 0 Å². The van der Waals surface area contributed by atoms with E-state index in [2.05, 4.69) is 5.10 Å². The van der Waals surface area contributed by atoms with E-state index in [0.29, 0.717) is 11.4 Å². The molecule has 0 aliphatic carbocycles. The summed E-state index contributed by atoms with van der Waals surface area (Å²) in [5.74, 6) is -1.66. The molecule has 0 atom stereocenters. The fourth-order valence-corrected chi connectivity index (χ4v) is 1.86. The molecular weight excluding hydrogens is 271 g/mol. The second-order valence-electron chi connectivity index (χ2n) is 4.43. The number of carboxylic acids is 1. The number of hydrogen-bond donors (Lipinski definition) is 1. The van der Waals surface area contributed by atoms with Crippen LogP contribution in [-0.4, -0.2) is 20.9 Å². The summed E-state index contributed by atoms with van der Waals surface area (Å²) in [5.41, 5.74) is 1.00. The Morgan fingerprint density at radius 3 is 2.63 bits per heavy atom. The van der Waals surface area contributed by atoms with Crippen molar-refractivity contribution in [3.05, 3.63) is 46.5 Å². The quantitative estimate of drug-likeness (QED) is 0.937. The van der Waals surface area contributed by atoms with Crippen molar-refractivity contribution in [3.8, 4) is 5.69 Å². The summed E-state index contributed by atoms with van der Waals surface area (Å²) in [5, 5.41) is 13.3. The molecule has 1 aromatic heterocycles. The normalized spacial score (nSPS) is 11.0. The summed E-state index contributed by atoms with van der Waals surface area (Å²) in [4.78, 5) is 11.1. The number of benzene rings is 1. The first-order valence-corrected chi connectivity index (χ1v) is 6.06. The number of aromatic carboxylic acids is 1. The highest BCUT2D eigenvalue weighted by molar-refractivity contribution is 6.30. The Balaban J connectivity index is 2.54. The Bertz CT molecular complexity index is 638. The number of halogens is 2. The lowest BCUT2D eigenvalue weighted by molar-refractivity contribution is 0.0695. The van der Waals surface area contributed by atoms with Crippen molar-refractivity contribution in [2.75, 3.05) is 0 Å².